The van der Waals surface area contributed by atoms with Gasteiger partial charge in [-0.3, -0.25) is 22.9 Å². The number of carbonyl (C=O) groups is 2. The predicted molar refractivity (Wildman–Crippen MR) is 272 cm³/mol. The number of ketones is 2. The van der Waals surface area contributed by atoms with Crippen molar-refractivity contribution >= 4 is 86.5 Å². The third-order valence-electron chi connectivity index (χ3n) is 12.2. The Morgan fingerprint density at radius 2 is 0.614 bits per heavy atom. The normalized spacial score (nSPS) is 14.6. The number of hydrogen-bond donors (Lipinski definition) is 2. The molecule has 2 aliphatic rings. The Labute approximate surface area is 406 Å². The molecule has 2 aliphatic carbocycles. The Morgan fingerprint density at radius 3 is 0.914 bits per heavy atom. The molecule has 0 bridgehead atoms. The van der Waals surface area contributed by atoms with Crippen molar-refractivity contribution in [2.24, 2.45) is 0 Å². The van der Waals surface area contributed by atoms with E-state index in [1.54, 1.807) is 36.4 Å². The van der Waals surface area contributed by atoms with Crippen LogP contribution in [0.2, 0.25) is 0 Å². The molecule has 14 heteroatoms. The highest BCUT2D eigenvalue weighted by molar-refractivity contribution is 7.86. The first-order valence-electron chi connectivity index (χ1n) is 21.8. The summed E-state index contributed by atoms with van der Waals surface area (Å²) in [5.74, 6) is -1.90. The van der Waals surface area contributed by atoms with Gasteiger partial charge >= 0.3 is 0 Å². The van der Waals surface area contributed by atoms with E-state index in [0.29, 0.717) is 89.1 Å². The summed E-state index contributed by atoms with van der Waals surface area (Å²) in [7, 11) is -11.7. The Hall–Kier alpha value is -7.43. The highest BCUT2D eigenvalue weighted by Crippen LogP contribution is 2.52. The molecule has 2 N–H and O–H groups in total. The summed E-state index contributed by atoms with van der Waals surface area (Å²) in [5.41, 5.74) is 10.2. The van der Waals surface area contributed by atoms with Gasteiger partial charge in [-0.25, -0.2) is 0 Å². The Morgan fingerprint density at radius 1 is 0.357 bits per heavy atom. The molecule has 0 fully saturated rings. The second-order valence-electron chi connectivity index (χ2n) is 16.8. The third kappa shape index (κ3) is 9.61. The molecule has 0 heterocycles. The SMILES string of the molecule is COS(=O)(=O)c1ccc(C2=C(c3ccc(C4=C(c5ccc(CS(=O)(=O)O)cc5)C(=O)C(c5ccc(CS(=O)(=O)O)cc5)=C4c4ccccc4)cc3)C(c3ccccc3)=C(c3ccc(C)cc3)C2=O)cc1. The van der Waals surface area contributed by atoms with E-state index < -0.39 is 41.9 Å². The van der Waals surface area contributed by atoms with Gasteiger partial charge in [0.2, 0.25) is 0 Å². The molecule has 0 aromatic heterocycles. The molecule has 0 unspecified atom stereocenters. The van der Waals surface area contributed by atoms with Gasteiger partial charge < -0.3 is 0 Å². The Kier molecular flexibility index (Phi) is 12.8. The highest BCUT2D eigenvalue weighted by Gasteiger charge is 2.38. The molecular weight excluding hydrogens is 945 g/mol. The molecule has 7 aromatic rings. The van der Waals surface area contributed by atoms with Crippen LogP contribution in [0.15, 0.2) is 187 Å². The van der Waals surface area contributed by atoms with Crippen LogP contribution in [0, 0.1) is 6.92 Å². The number of allylic oxidation sites excluding steroid dienone is 8. The average Bonchev–Trinajstić information content (AvgIpc) is 3.82. The van der Waals surface area contributed by atoms with E-state index in [1.165, 1.54) is 36.4 Å². The number of carbonyl (C=O) groups excluding carboxylic acids is 2. The standard InChI is InChI=1S/C56H42O11S3/c1-35-13-19-42(20-14-35)51-47(38-9-5-3-6-10-38)50(54(55(51)57)45-29-31-46(32-30-45)70(65,66)67-2)41-27-25-40(26-28-41)49-48(39-11-7-4-8-12-39)52(43-21-15-36(16-22-43)33-68(59,60)61)56(58)53(49)44-23-17-37(18-24-44)34-69(62,63)64/h3-32H,33-34H2,1-2H3,(H,59,60,61)(H,62,63,64). The first kappa shape index (κ1) is 47.6. The second kappa shape index (κ2) is 18.8. The average molecular weight is 987 g/mol. The molecule has 350 valence electrons. The van der Waals surface area contributed by atoms with E-state index in [-0.39, 0.29) is 22.0 Å². The van der Waals surface area contributed by atoms with Crippen molar-refractivity contribution in [1.82, 2.24) is 0 Å². The minimum absolute atomic E-state index is 0.0790. The van der Waals surface area contributed by atoms with Crippen LogP contribution in [0.3, 0.4) is 0 Å². The van der Waals surface area contributed by atoms with Gasteiger partial charge in [0.05, 0.1) is 12.0 Å². The third-order valence-corrected chi connectivity index (χ3v) is 14.9. The van der Waals surface area contributed by atoms with E-state index in [4.69, 9.17) is 4.18 Å². The van der Waals surface area contributed by atoms with Crippen LogP contribution in [-0.4, -0.2) is 53.0 Å². The zero-order valence-corrected chi connectivity index (χ0v) is 40.0. The van der Waals surface area contributed by atoms with Crippen molar-refractivity contribution in [2.75, 3.05) is 7.11 Å². The zero-order chi connectivity index (χ0) is 49.5. The van der Waals surface area contributed by atoms with Crippen molar-refractivity contribution < 1.29 is 48.1 Å². The van der Waals surface area contributed by atoms with Gasteiger partial charge in [0.25, 0.3) is 30.4 Å². The topological polar surface area (TPSA) is 186 Å². The van der Waals surface area contributed by atoms with Crippen LogP contribution >= 0.6 is 0 Å². The number of aryl methyl sites for hydroxylation is 1. The van der Waals surface area contributed by atoms with Crippen LogP contribution in [0.5, 0.6) is 0 Å². The molecule has 0 saturated carbocycles. The van der Waals surface area contributed by atoms with Crippen molar-refractivity contribution in [3.05, 3.63) is 243 Å². The molecule has 0 aliphatic heterocycles. The molecule has 0 saturated heterocycles. The summed E-state index contributed by atoms with van der Waals surface area (Å²) in [6, 6.07) is 52.5. The van der Waals surface area contributed by atoms with Crippen LogP contribution < -0.4 is 0 Å². The maximum atomic E-state index is 15.2. The number of benzene rings is 7. The summed E-state index contributed by atoms with van der Waals surface area (Å²) < 4.78 is 96.5. The molecule has 7 aromatic carbocycles. The van der Waals surface area contributed by atoms with Gasteiger partial charge in [-0.1, -0.05) is 175 Å². The fraction of sp³-hybridized carbons (Fsp3) is 0.0714. The van der Waals surface area contributed by atoms with E-state index in [2.05, 4.69) is 0 Å². The lowest BCUT2D eigenvalue weighted by Gasteiger charge is -2.17. The molecule has 11 nitrogen and oxygen atoms in total. The predicted octanol–water partition coefficient (Wildman–Crippen LogP) is 10.3. The van der Waals surface area contributed by atoms with Gasteiger partial charge in [-0.05, 0) is 74.7 Å². The largest absolute Gasteiger partial charge is 0.296 e. The monoisotopic (exact) mass is 986 g/mol. The van der Waals surface area contributed by atoms with E-state index >= 15 is 9.59 Å². The van der Waals surface area contributed by atoms with Crippen LogP contribution in [0.4, 0.5) is 0 Å². The number of Topliss-reactive ketones (excluding diaryl/α,β-unsaturated/α-hetero) is 2. The molecule has 9 rings (SSSR count). The molecule has 0 atom stereocenters. The van der Waals surface area contributed by atoms with Crippen LogP contribution in [0.1, 0.15) is 61.2 Å². The molecule has 0 amide bonds. The summed E-state index contributed by atoms with van der Waals surface area (Å²) in [6.45, 7) is 1.96. The molecule has 70 heavy (non-hydrogen) atoms. The maximum absolute atomic E-state index is 15.2. The summed E-state index contributed by atoms with van der Waals surface area (Å²) >= 11 is 0. The fourth-order valence-electron chi connectivity index (χ4n) is 9.03. The van der Waals surface area contributed by atoms with E-state index in [1.807, 2.05) is 116 Å². The number of hydrogen-bond acceptors (Lipinski definition) is 9. The lowest BCUT2D eigenvalue weighted by atomic mass is 9.86. The Bertz CT molecular complexity index is 3710. The van der Waals surface area contributed by atoms with Crippen LogP contribution in [-0.2, 0) is 55.6 Å². The van der Waals surface area contributed by atoms with Gasteiger partial charge in [0, 0.05) is 44.6 Å². The van der Waals surface area contributed by atoms with Crippen molar-refractivity contribution in [3.8, 4) is 0 Å². The summed E-state index contributed by atoms with van der Waals surface area (Å²) in [5, 5.41) is 0. The quantitative estimate of drug-likeness (QED) is 0.0780. The minimum atomic E-state index is -4.36. The highest BCUT2D eigenvalue weighted by atomic mass is 32.2. The van der Waals surface area contributed by atoms with Gasteiger partial charge in [-0.2, -0.15) is 25.3 Å². The lowest BCUT2D eigenvalue weighted by molar-refractivity contribution is -0.109. The summed E-state index contributed by atoms with van der Waals surface area (Å²) in [6.07, 6.45) is 0. The van der Waals surface area contributed by atoms with E-state index in [9.17, 15) is 34.4 Å². The second-order valence-corrected chi connectivity index (χ2v) is 21.4. The van der Waals surface area contributed by atoms with Crippen molar-refractivity contribution in [3.63, 3.8) is 0 Å². The van der Waals surface area contributed by atoms with Gasteiger partial charge in [0.15, 0.2) is 11.6 Å². The lowest BCUT2D eigenvalue weighted by Crippen LogP contribution is -2.05. The van der Waals surface area contributed by atoms with Crippen LogP contribution in [0.25, 0.3) is 44.6 Å². The molecular formula is C56H42O11S3. The van der Waals surface area contributed by atoms with E-state index in [0.717, 1.165) is 18.2 Å². The van der Waals surface area contributed by atoms with Crippen molar-refractivity contribution in [2.45, 2.75) is 23.3 Å². The first-order valence-corrected chi connectivity index (χ1v) is 26.4. The summed E-state index contributed by atoms with van der Waals surface area (Å²) in [4.78, 5) is 30.3. The molecule has 0 radical (unpaired) electrons. The first-order chi connectivity index (χ1) is 33.4. The zero-order valence-electron chi connectivity index (χ0n) is 37.5. The number of rotatable bonds is 14. The Balaban J connectivity index is 1.28. The molecule has 0 spiro atoms. The van der Waals surface area contributed by atoms with Crippen molar-refractivity contribution in [1.29, 1.82) is 0 Å². The fourth-order valence-corrected chi connectivity index (χ4v) is 10.9. The van der Waals surface area contributed by atoms with Gasteiger partial charge in [0.1, 0.15) is 11.5 Å². The minimum Gasteiger partial charge on any atom is -0.289 e. The maximum Gasteiger partial charge on any atom is 0.296 e. The van der Waals surface area contributed by atoms with Gasteiger partial charge in [-0.15, -0.1) is 0 Å². The smallest absolute Gasteiger partial charge is 0.289 e.